The molecule has 180 valence electrons. The number of nitrogens with one attached hydrogen (secondary N) is 2. The Labute approximate surface area is 199 Å². The lowest BCUT2D eigenvalue weighted by Gasteiger charge is -2.35. The van der Waals surface area contributed by atoms with E-state index in [-0.39, 0.29) is 16.8 Å². The second-order valence-electron chi connectivity index (χ2n) is 8.58. The van der Waals surface area contributed by atoms with E-state index in [0.717, 1.165) is 25.9 Å². The molecule has 8 nitrogen and oxygen atoms in total. The Hall–Kier alpha value is -3.08. The van der Waals surface area contributed by atoms with Crippen LogP contribution in [-0.2, 0) is 10.0 Å². The maximum Gasteiger partial charge on any atom is 0.243 e. The molecule has 0 amide bonds. The summed E-state index contributed by atoms with van der Waals surface area (Å²) in [6.07, 6.45) is 3.44. The third-order valence-corrected chi connectivity index (χ3v) is 7.91. The predicted molar refractivity (Wildman–Crippen MR) is 132 cm³/mol. The van der Waals surface area contributed by atoms with Crippen LogP contribution in [-0.4, -0.2) is 60.8 Å². The lowest BCUT2D eigenvalue weighted by molar-refractivity contribution is 0.187. The van der Waals surface area contributed by atoms with E-state index >= 15 is 0 Å². The van der Waals surface area contributed by atoms with E-state index in [1.807, 2.05) is 7.05 Å². The molecule has 2 aromatic carbocycles. The molecule has 2 N–H and O–H groups in total. The minimum Gasteiger partial charge on any atom is -0.340 e. The summed E-state index contributed by atoms with van der Waals surface area (Å²) in [5.74, 6) is 0.627. The van der Waals surface area contributed by atoms with Crippen molar-refractivity contribution in [3.8, 4) is 0 Å². The number of anilines is 4. The normalized spacial score (nSPS) is 17.0. The first-order valence-corrected chi connectivity index (χ1v) is 12.6. The molecule has 1 aliphatic rings. The maximum atomic E-state index is 13.5. The number of piperidine rings is 1. The average Bonchev–Trinajstić information content (AvgIpc) is 2.81. The van der Waals surface area contributed by atoms with E-state index in [0.29, 0.717) is 28.7 Å². The third kappa shape index (κ3) is 5.52. The van der Waals surface area contributed by atoms with Gasteiger partial charge in [0.2, 0.25) is 16.0 Å². The summed E-state index contributed by atoms with van der Waals surface area (Å²) in [4.78, 5) is 11.1. The molecule has 0 radical (unpaired) electrons. The number of rotatable bonds is 7. The van der Waals surface area contributed by atoms with Gasteiger partial charge in [0.25, 0.3) is 0 Å². The lowest BCUT2D eigenvalue weighted by Crippen LogP contribution is -2.47. The van der Waals surface area contributed by atoms with Crippen molar-refractivity contribution in [2.75, 3.05) is 37.8 Å². The highest BCUT2D eigenvalue weighted by atomic mass is 32.2. The molecular weight excluding hydrogens is 455 g/mol. The van der Waals surface area contributed by atoms with E-state index < -0.39 is 10.0 Å². The number of aryl methyl sites for hydroxylation is 1. The zero-order chi connectivity index (χ0) is 24.3. The van der Waals surface area contributed by atoms with Crippen LogP contribution in [0.15, 0.2) is 59.6 Å². The summed E-state index contributed by atoms with van der Waals surface area (Å²) in [6.45, 7) is 3.42. The van der Waals surface area contributed by atoms with Crippen LogP contribution in [0.1, 0.15) is 18.4 Å². The molecular formula is C24H29FN6O2S. The molecule has 1 fully saturated rings. The van der Waals surface area contributed by atoms with E-state index in [9.17, 15) is 12.8 Å². The maximum absolute atomic E-state index is 13.5. The van der Waals surface area contributed by atoms with Crippen molar-refractivity contribution in [1.29, 1.82) is 0 Å². The summed E-state index contributed by atoms with van der Waals surface area (Å²) >= 11 is 0. The Bertz CT molecular complexity index is 1250. The molecule has 0 aliphatic carbocycles. The number of halogens is 1. The zero-order valence-electron chi connectivity index (χ0n) is 19.5. The van der Waals surface area contributed by atoms with E-state index in [1.165, 1.54) is 10.4 Å². The van der Waals surface area contributed by atoms with Gasteiger partial charge in [0, 0.05) is 37.2 Å². The smallest absolute Gasteiger partial charge is 0.243 e. The van der Waals surface area contributed by atoms with Crippen molar-refractivity contribution in [2.45, 2.75) is 30.7 Å². The number of nitrogens with zero attached hydrogens (tertiary/aromatic N) is 4. The van der Waals surface area contributed by atoms with Gasteiger partial charge >= 0.3 is 0 Å². The Morgan fingerprint density at radius 3 is 2.53 bits per heavy atom. The molecule has 1 unspecified atom stereocenters. The van der Waals surface area contributed by atoms with E-state index in [1.54, 1.807) is 62.6 Å². The SMILES string of the molecule is Cc1cc(Nc2ccnc(Nc3ccc(S(=O)(=O)N(C)C4CCCN(C)C4)cc3)n2)ccc1F. The molecule has 0 bridgehead atoms. The van der Waals surface area contributed by atoms with Crippen molar-refractivity contribution in [2.24, 2.45) is 0 Å². The molecule has 34 heavy (non-hydrogen) atoms. The minimum atomic E-state index is -3.59. The van der Waals surface area contributed by atoms with Gasteiger partial charge in [-0.05, 0) is 87.5 Å². The molecule has 3 aromatic rings. The first-order chi connectivity index (χ1) is 16.2. The molecule has 0 spiro atoms. The van der Waals surface area contributed by atoms with Gasteiger partial charge in [-0.1, -0.05) is 0 Å². The topological polar surface area (TPSA) is 90.5 Å². The first-order valence-electron chi connectivity index (χ1n) is 11.1. The van der Waals surface area contributed by atoms with Crippen molar-refractivity contribution in [3.05, 3.63) is 66.1 Å². The van der Waals surface area contributed by atoms with Crippen LogP contribution in [0.4, 0.5) is 27.5 Å². The van der Waals surface area contributed by atoms with Gasteiger partial charge in [-0.3, -0.25) is 0 Å². The average molecular weight is 485 g/mol. The quantitative estimate of drug-likeness (QED) is 0.521. The summed E-state index contributed by atoms with van der Waals surface area (Å²) in [5, 5.41) is 6.22. The van der Waals surface area contributed by atoms with Gasteiger partial charge in [0.1, 0.15) is 11.6 Å². The molecule has 1 atom stereocenters. The highest BCUT2D eigenvalue weighted by Crippen LogP contribution is 2.24. The molecule has 0 saturated carbocycles. The second-order valence-corrected chi connectivity index (χ2v) is 10.6. The third-order valence-electron chi connectivity index (χ3n) is 5.99. The number of hydrogen-bond acceptors (Lipinski definition) is 7. The van der Waals surface area contributed by atoms with Gasteiger partial charge in [-0.15, -0.1) is 0 Å². The number of likely N-dealkylation sites (N-methyl/N-ethyl adjacent to an activating group) is 2. The van der Waals surface area contributed by atoms with Gasteiger partial charge in [0.05, 0.1) is 4.90 Å². The number of benzene rings is 2. The fraction of sp³-hybridized carbons (Fsp3) is 0.333. The summed E-state index contributed by atoms with van der Waals surface area (Å²) in [5.41, 5.74) is 1.91. The standard InChI is InChI=1S/C24H29FN6O2S/c1-17-15-19(8-11-22(17)25)27-23-12-13-26-24(29-23)28-18-6-9-21(10-7-18)34(32,33)31(3)20-5-4-14-30(2)16-20/h6-13,15,20H,4-5,14,16H2,1-3H3,(H2,26,27,28,29). The minimum absolute atomic E-state index is 0.0323. The predicted octanol–water partition coefficient (Wildman–Crippen LogP) is 4.13. The molecule has 10 heteroatoms. The summed E-state index contributed by atoms with van der Waals surface area (Å²) in [7, 11) is 0.0786. The monoisotopic (exact) mass is 484 g/mol. The van der Waals surface area contributed by atoms with Crippen LogP contribution < -0.4 is 10.6 Å². The Balaban J connectivity index is 1.44. The fourth-order valence-electron chi connectivity index (χ4n) is 4.00. The van der Waals surface area contributed by atoms with Crippen LogP contribution in [0.25, 0.3) is 0 Å². The van der Waals surface area contributed by atoms with Crippen LogP contribution in [0, 0.1) is 12.7 Å². The van der Waals surface area contributed by atoms with Gasteiger partial charge < -0.3 is 15.5 Å². The van der Waals surface area contributed by atoms with Crippen molar-refractivity contribution in [1.82, 2.24) is 19.2 Å². The highest BCUT2D eigenvalue weighted by Gasteiger charge is 2.30. The van der Waals surface area contributed by atoms with Gasteiger partial charge in [0.15, 0.2) is 0 Å². The Morgan fingerprint density at radius 2 is 1.82 bits per heavy atom. The number of sulfonamides is 1. The van der Waals surface area contributed by atoms with Crippen LogP contribution in [0.3, 0.4) is 0 Å². The Kier molecular flexibility index (Phi) is 7.11. The summed E-state index contributed by atoms with van der Waals surface area (Å²) in [6, 6.07) is 13.0. The highest BCUT2D eigenvalue weighted by molar-refractivity contribution is 7.89. The van der Waals surface area contributed by atoms with E-state index in [2.05, 4.69) is 25.5 Å². The number of hydrogen-bond donors (Lipinski definition) is 2. The van der Waals surface area contributed by atoms with Gasteiger partial charge in [-0.2, -0.15) is 9.29 Å². The molecule has 1 aliphatic heterocycles. The largest absolute Gasteiger partial charge is 0.340 e. The molecule has 1 saturated heterocycles. The molecule has 1 aromatic heterocycles. The fourth-order valence-corrected chi connectivity index (χ4v) is 5.37. The first kappa shape index (κ1) is 24.1. The van der Waals surface area contributed by atoms with Crippen molar-refractivity contribution < 1.29 is 12.8 Å². The summed E-state index contributed by atoms with van der Waals surface area (Å²) < 4.78 is 41.2. The van der Waals surface area contributed by atoms with Crippen molar-refractivity contribution in [3.63, 3.8) is 0 Å². The second kappa shape index (κ2) is 10.0. The van der Waals surface area contributed by atoms with E-state index in [4.69, 9.17) is 0 Å². The lowest BCUT2D eigenvalue weighted by atomic mass is 10.1. The number of likely N-dealkylation sites (tertiary alicyclic amines) is 1. The Morgan fingerprint density at radius 1 is 1.09 bits per heavy atom. The molecule has 2 heterocycles. The van der Waals surface area contributed by atoms with Crippen LogP contribution in [0.5, 0.6) is 0 Å². The number of aromatic nitrogens is 2. The van der Waals surface area contributed by atoms with Crippen LogP contribution in [0.2, 0.25) is 0 Å². The zero-order valence-corrected chi connectivity index (χ0v) is 20.3. The van der Waals surface area contributed by atoms with Crippen LogP contribution >= 0.6 is 0 Å². The molecule has 4 rings (SSSR count). The van der Waals surface area contributed by atoms with Gasteiger partial charge in [-0.25, -0.2) is 17.8 Å². The van der Waals surface area contributed by atoms with Crippen molar-refractivity contribution >= 4 is 33.2 Å².